The van der Waals surface area contributed by atoms with E-state index in [4.69, 9.17) is 18.9 Å². The molecule has 450 valence electrons. The van der Waals surface area contributed by atoms with Gasteiger partial charge in [0.05, 0.1) is 34.4 Å². The normalized spacial score (nSPS) is 13.6. The van der Waals surface area contributed by atoms with Crippen LogP contribution in [-0.2, 0) is 33.3 Å². The van der Waals surface area contributed by atoms with E-state index in [1.165, 1.54) is 103 Å². The number of likely N-dealkylation sites (N-methyl/N-ethyl adjacent to an activating group) is 1. The Kier molecular flexibility index (Phi) is 56.5. The molecule has 0 aromatic carbocycles. The van der Waals surface area contributed by atoms with Gasteiger partial charge in [-0.2, -0.15) is 0 Å². The van der Waals surface area contributed by atoms with Crippen molar-refractivity contribution in [3.8, 4) is 0 Å². The number of carbonyl (C=O) groups is 3. The Labute approximate surface area is 485 Å². The molecule has 0 amide bonds. The average Bonchev–Trinajstić information content (AvgIpc) is 3.42. The van der Waals surface area contributed by atoms with Crippen molar-refractivity contribution in [3.63, 3.8) is 0 Å². The molecular formula is C70H118NO8+. The number of esters is 2. The fourth-order valence-corrected chi connectivity index (χ4v) is 8.42. The number of ether oxygens (including phenoxy) is 4. The number of hydrogen-bond donors (Lipinski definition) is 1. The number of aliphatic carboxylic acids is 1. The lowest BCUT2D eigenvalue weighted by molar-refractivity contribution is -0.870. The molecule has 0 aromatic rings. The van der Waals surface area contributed by atoms with E-state index in [-0.39, 0.29) is 32.2 Å². The number of nitrogens with zero attached hydrogens (tertiary/aromatic N) is 1. The van der Waals surface area contributed by atoms with Crippen LogP contribution in [0.15, 0.2) is 122 Å². The molecule has 0 rings (SSSR count). The number of rotatable bonds is 57. The number of hydrogen-bond acceptors (Lipinski definition) is 7. The van der Waals surface area contributed by atoms with Crippen LogP contribution in [0.25, 0.3) is 0 Å². The van der Waals surface area contributed by atoms with E-state index in [0.717, 1.165) is 109 Å². The van der Waals surface area contributed by atoms with Crippen molar-refractivity contribution in [2.75, 3.05) is 47.5 Å². The Hall–Kier alpha value is -4.31. The van der Waals surface area contributed by atoms with E-state index in [1.54, 1.807) is 0 Å². The lowest BCUT2D eigenvalue weighted by Crippen LogP contribution is -2.40. The molecule has 0 saturated carbocycles. The van der Waals surface area contributed by atoms with E-state index in [0.29, 0.717) is 23.9 Å². The van der Waals surface area contributed by atoms with Crippen molar-refractivity contribution >= 4 is 17.9 Å². The maximum absolute atomic E-state index is 12.9. The Bertz CT molecular complexity index is 1710. The van der Waals surface area contributed by atoms with Crippen molar-refractivity contribution in [1.82, 2.24) is 0 Å². The van der Waals surface area contributed by atoms with Gasteiger partial charge in [0, 0.05) is 12.8 Å². The molecule has 2 atom stereocenters. The molecular weight excluding hydrogens is 983 g/mol. The maximum atomic E-state index is 12.9. The van der Waals surface area contributed by atoms with Crippen molar-refractivity contribution in [1.29, 1.82) is 0 Å². The Morgan fingerprint density at radius 3 is 1.01 bits per heavy atom. The molecule has 0 aliphatic carbocycles. The van der Waals surface area contributed by atoms with Gasteiger partial charge in [-0.25, -0.2) is 4.79 Å². The van der Waals surface area contributed by atoms with Gasteiger partial charge in [-0.05, 0) is 103 Å². The van der Waals surface area contributed by atoms with Gasteiger partial charge in [-0.1, -0.05) is 251 Å². The monoisotopic (exact) mass is 1100 g/mol. The second-order valence-electron chi connectivity index (χ2n) is 22.0. The zero-order valence-corrected chi connectivity index (χ0v) is 51.2. The van der Waals surface area contributed by atoms with Crippen LogP contribution < -0.4 is 0 Å². The quantitative estimate of drug-likeness (QED) is 0.0211. The van der Waals surface area contributed by atoms with Crippen LogP contribution in [0.1, 0.15) is 245 Å². The molecule has 0 aliphatic rings. The number of quaternary nitrogens is 1. The molecule has 79 heavy (non-hydrogen) atoms. The summed E-state index contributed by atoms with van der Waals surface area (Å²) in [4.78, 5) is 37.6. The topological polar surface area (TPSA) is 108 Å². The minimum Gasteiger partial charge on any atom is -0.477 e. The zero-order chi connectivity index (χ0) is 57.6. The number of allylic oxidation sites excluding steroid dienone is 20. The molecule has 0 heterocycles. The van der Waals surface area contributed by atoms with Gasteiger partial charge < -0.3 is 28.5 Å². The number of carboxylic acid groups (broad SMARTS) is 1. The van der Waals surface area contributed by atoms with Crippen LogP contribution in [0.3, 0.4) is 0 Å². The Morgan fingerprint density at radius 2 is 0.684 bits per heavy atom. The van der Waals surface area contributed by atoms with Gasteiger partial charge in [0.1, 0.15) is 13.2 Å². The molecule has 1 N–H and O–H groups in total. The van der Waals surface area contributed by atoms with Crippen LogP contribution in [0.5, 0.6) is 0 Å². The second-order valence-corrected chi connectivity index (χ2v) is 22.0. The Morgan fingerprint density at radius 1 is 0.380 bits per heavy atom. The minimum absolute atomic E-state index is 0.181. The Balaban J connectivity index is 4.22. The lowest BCUT2D eigenvalue weighted by Gasteiger charge is -2.25. The van der Waals surface area contributed by atoms with E-state index >= 15 is 0 Å². The van der Waals surface area contributed by atoms with Crippen LogP contribution in [0.2, 0.25) is 0 Å². The molecule has 0 spiro atoms. The average molecular weight is 1100 g/mol. The summed E-state index contributed by atoms with van der Waals surface area (Å²) in [7, 11) is 5.96. The molecule has 0 radical (unpaired) electrons. The van der Waals surface area contributed by atoms with E-state index in [9.17, 15) is 19.5 Å². The highest BCUT2D eigenvalue weighted by molar-refractivity contribution is 5.71. The minimum atomic E-state index is -1.52. The van der Waals surface area contributed by atoms with Gasteiger partial charge in [0.15, 0.2) is 6.10 Å². The summed E-state index contributed by atoms with van der Waals surface area (Å²) < 4.78 is 22.9. The number of carboxylic acids is 1. The summed E-state index contributed by atoms with van der Waals surface area (Å²) in [5.41, 5.74) is 0. The van der Waals surface area contributed by atoms with Crippen LogP contribution in [-0.4, -0.2) is 87.4 Å². The highest BCUT2D eigenvalue weighted by Crippen LogP contribution is 2.16. The van der Waals surface area contributed by atoms with Crippen molar-refractivity contribution in [3.05, 3.63) is 122 Å². The first-order valence-corrected chi connectivity index (χ1v) is 31.7. The standard InChI is InChI=1S/C70H117NO8/c1-6-8-10-12-14-16-18-20-22-24-26-28-30-32-33-34-35-37-39-41-43-45-47-49-51-53-55-57-59-61-68(73)79-66(65-78-70(69(74)75)76-63-62-71(3,4)5)64-77-67(72)60-58-56-54-52-50-48-46-44-42-40-38-36-31-29-27-25-23-21-19-17-15-13-11-9-7-2/h8-11,14-17,20-23,26-29,32-33,35,37,66,70H,6-7,12-13,18-19,24-25,30-31,34,36,38-65H2,1-5H3/p+1/b10-8-,11-9-,16-14-,17-15-,22-20-,23-21-,28-26-,29-27-,33-32-,37-35-. The van der Waals surface area contributed by atoms with Crippen LogP contribution in [0.4, 0.5) is 0 Å². The third-order valence-electron chi connectivity index (χ3n) is 13.2. The first-order valence-electron chi connectivity index (χ1n) is 31.7. The summed E-state index contributed by atoms with van der Waals surface area (Å²) in [5, 5.41) is 9.73. The van der Waals surface area contributed by atoms with Gasteiger partial charge in [0.25, 0.3) is 6.29 Å². The second kappa shape index (κ2) is 59.8. The van der Waals surface area contributed by atoms with E-state index < -0.39 is 24.3 Å². The van der Waals surface area contributed by atoms with Crippen LogP contribution >= 0.6 is 0 Å². The number of unbranched alkanes of at least 4 members (excludes halogenated alkanes) is 22. The molecule has 0 fully saturated rings. The molecule has 0 aliphatic heterocycles. The summed E-state index contributed by atoms with van der Waals surface area (Å²) in [6.45, 7) is 4.65. The molecule has 9 heteroatoms. The van der Waals surface area contributed by atoms with Gasteiger partial charge in [0.2, 0.25) is 0 Å². The van der Waals surface area contributed by atoms with Crippen molar-refractivity contribution in [2.24, 2.45) is 0 Å². The van der Waals surface area contributed by atoms with E-state index in [2.05, 4.69) is 135 Å². The fourth-order valence-electron chi connectivity index (χ4n) is 8.42. The summed E-state index contributed by atoms with van der Waals surface area (Å²) in [6.07, 6.45) is 81.4. The maximum Gasteiger partial charge on any atom is 0.361 e. The molecule has 9 nitrogen and oxygen atoms in total. The third kappa shape index (κ3) is 61.2. The fraction of sp³-hybridized carbons (Fsp3) is 0.671. The summed E-state index contributed by atoms with van der Waals surface area (Å²) in [6, 6.07) is 0. The molecule has 2 unspecified atom stereocenters. The largest absolute Gasteiger partial charge is 0.477 e. The zero-order valence-electron chi connectivity index (χ0n) is 51.2. The third-order valence-corrected chi connectivity index (χ3v) is 13.2. The lowest BCUT2D eigenvalue weighted by atomic mass is 10.0. The van der Waals surface area contributed by atoms with Crippen molar-refractivity contribution in [2.45, 2.75) is 257 Å². The van der Waals surface area contributed by atoms with Crippen LogP contribution in [0, 0.1) is 0 Å². The molecule has 0 bridgehead atoms. The predicted molar refractivity (Wildman–Crippen MR) is 336 cm³/mol. The van der Waals surface area contributed by atoms with Gasteiger partial charge in [-0.15, -0.1) is 0 Å². The highest BCUT2D eigenvalue weighted by Gasteiger charge is 2.25. The van der Waals surface area contributed by atoms with Gasteiger partial charge >= 0.3 is 17.9 Å². The highest BCUT2D eigenvalue weighted by atomic mass is 16.7. The smallest absolute Gasteiger partial charge is 0.361 e. The van der Waals surface area contributed by atoms with E-state index in [1.807, 2.05) is 21.1 Å². The van der Waals surface area contributed by atoms with Gasteiger partial charge in [-0.3, -0.25) is 9.59 Å². The first kappa shape index (κ1) is 74.7. The SMILES string of the molecule is CC/C=C\C/C=C\C/C=C\C/C=C\C/C=C\C/C=C\CCCCCCCCCCCCC(=O)OC(COC(=O)CCCCCCCCCCCCCC/C=C\C/C=C\C/C=C\C/C=C\CC)COC(OCC[N+](C)(C)C)C(=O)O. The number of carbonyl (C=O) groups excluding carboxylic acids is 2. The first-order chi connectivity index (χ1) is 38.6. The predicted octanol–water partition coefficient (Wildman–Crippen LogP) is 19.2. The molecule has 0 aromatic heterocycles. The summed E-state index contributed by atoms with van der Waals surface area (Å²) >= 11 is 0. The summed E-state index contributed by atoms with van der Waals surface area (Å²) in [5.74, 6) is -2.02. The molecule has 0 saturated heterocycles. The van der Waals surface area contributed by atoms with Crippen molar-refractivity contribution < 1.29 is 42.9 Å².